The smallest absolute Gasteiger partial charge is 0.311 e. The zero-order chi connectivity index (χ0) is 10.3. The Labute approximate surface area is 84.4 Å². The summed E-state index contributed by atoms with van der Waals surface area (Å²) >= 11 is 0. The topological polar surface area (TPSA) is 46.5 Å². The first-order valence-corrected chi connectivity index (χ1v) is 5.41. The number of esters is 1. The van der Waals surface area contributed by atoms with Crippen molar-refractivity contribution < 1.29 is 14.6 Å². The Hall–Kier alpha value is -0.570. The molecule has 0 aromatic heterocycles. The van der Waals surface area contributed by atoms with Gasteiger partial charge < -0.3 is 9.84 Å². The number of methoxy groups -OCH3 is 1. The molecule has 0 aliphatic heterocycles. The lowest BCUT2D eigenvalue weighted by atomic mass is 9.71. The first-order valence-electron chi connectivity index (χ1n) is 5.41. The summed E-state index contributed by atoms with van der Waals surface area (Å²) in [6.07, 6.45) is 2.53. The van der Waals surface area contributed by atoms with Crippen molar-refractivity contribution in [1.29, 1.82) is 0 Å². The van der Waals surface area contributed by atoms with E-state index in [0.29, 0.717) is 17.8 Å². The molecular weight excluding hydrogens is 180 g/mol. The summed E-state index contributed by atoms with van der Waals surface area (Å²) in [6.45, 7) is 2.20. The van der Waals surface area contributed by atoms with E-state index in [2.05, 4.69) is 6.92 Å². The number of carbonyl (C=O) groups is 1. The predicted octanol–water partition coefficient (Wildman–Crippen LogP) is 1.20. The van der Waals surface area contributed by atoms with Crippen molar-refractivity contribution in [3.63, 3.8) is 0 Å². The average Bonchev–Trinajstić information content (AvgIpc) is 2.42. The Bertz CT molecular complexity index is 239. The molecule has 0 heterocycles. The maximum Gasteiger partial charge on any atom is 0.311 e. The van der Waals surface area contributed by atoms with E-state index in [-0.39, 0.29) is 11.9 Å². The number of ether oxygens (including phenoxy) is 1. The van der Waals surface area contributed by atoms with Gasteiger partial charge in [-0.1, -0.05) is 6.92 Å². The molecule has 0 spiro atoms. The van der Waals surface area contributed by atoms with Gasteiger partial charge in [0.05, 0.1) is 19.1 Å². The normalized spacial score (nSPS) is 46.4. The van der Waals surface area contributed by atoms with Gasteiger partial charge in [0.1, 0.15) is 0 Å². The summed E-state index contributed by atoms with van der Waals surface area (Å²) in [5.41, 5.74) is 0. The molecular formula is C11H18O3. The van der Waals surface area contributed by atoms with Gasteiger partial charge in [0.25, 0.3) is 0 Å². The molecule has 0 saturated heterocycles. The standard InChI is InChI=1S/C11H18O3/c1-6-7-3-4-8(6)10(9(12)5-7)11(13)14-2/h6-10,12H,3-5H2,1-2H3/t6?,7-,8?,9+,10?/m1/s1. The van der Waals surface area contributed by atoms with E-state index in [1.807, 2.05) is 0 Å². The summed E-state index contributed by atoms with van der Waals surface area (Å²) in [7, 11) is 1.40. The second-order valence-electron chi connectivity index (χ2n) is 4.71. The predicted molar refractivity (Wildman–Crippen MR) is 51.5 cm³/mol. The molecule has 2 saturated carbocycles. The van der Waals surface area contributed by atoms with Crippen LogP contribution in [0.15, 0.2) is 0 Å². The second-order valence-corrected chi connectivity index (χ2v) is 4.71. The minimum atomic E-state index is -0.476. The lowest BCUT2D eigenvalue weighted by Crippen LogP contribution is -2.42. The number of hydrogen-bond acceptors (Lipinski definition) is 3. The largest absolute Gasteiger partial charge is 0.469 e. The van der Waals surface area contributed by atoms with Crippen LogP contribution in [0.25, 0.3) is 0 Å². The molecule has 0 radical (unpaired) electrons. The van der Waals surface area contributed by atoms with E-state index in [9.17, 15) is 9.90 Å². The maximum atomic E-state index is 11.5. The fraction of sp³-hybridized carbons (Fsp3) is 0.909. The van der Waals surface area contributed by atoms with Crippen molar-refractivity contribution >= 4 is 5.97 Å². The third-order valence-corrected chi connectivity index (χ3v) is 4.18. The van der Waals surface area contributed by atoms with Gasteiger partial charge in [-0.15, -0.1) is 0 Å². The molecule has 0 aromatic carbocycles. The molecule has 14 heavy (non-hydrogen) atoms. The van der Waals surface area contributed by atoms with Crippen molar-refractivity contribution in [2.24, 2.45) is 23.7 Å². The Morgan fingerprint density at radius 3 is 2.79 bits per heavy atom. The monoisotopic (exact) mass is 198 g/mol. The number of hydrogen-bond donors (Lipinski definition) is 1. The van der Waals surface area contributed by atoms with Crippen molar-refractivity contribution in [2.75, 3.05) is 7.11 Å². The van der Waals surface area contributed by atoms with Gasteiger partial charge >= 0.3 is 5.97 Å². The van der Waals surface area contributed by atoms with E-state index >= 15 is 0 Å². The third-order valence-electron chi connectivity index (χ3n) is 4.18. The van der Waals surface area contributed by atoms with Crippen LogP contribution in [0.2, 0.25) is 0 Å². The molecule has 2 bridgehead atoms. The van der Waals surface area contributed by atoms with Crippen LogP contribution < -0.4 is 0 Å². The van der Waals surface area contributed by atoms with Crippen molar-refractivity contribution in [3.8, 4) is 0 Å². The Morgan fingerprint density at radius 1 is 1.43 bits per heavy atom. The zero-order valence-electron chi connectivity index (χ0n) is 8.77. The maximum absolute atomic E-state index is 11.5. The van der Waals surface area contributed by atoms with Crippen LogP contribution in [0.1, 0.15) is 26.2 Å². The van der Waals surface area contributed by atoms with Crippen LogP contribution in [-0.2, 0) is 9.53 Å². The average molecular weight is 198 g/mol. The molecule has 1 N–H and O–H groups in total. The molecule has 2 rings (SSSR count). The number of rotatable bonds is 1. The third kappa shape index (κ3) is 1.34. The minimum absolute atomic E-state index is 0.227. The summed E-state index contributed by atoms with van der Waals surface area (Å²) in [4.78, 5) is 11.5. The number of aliphatic hydroxyl groups is 1. The summed E-state index contributed by atoms with van der Waals surface area (Å²) in [6, 6.07) is 0. The van der Waals surface area contributed by atoms with Crippen molar-refractivity contribution in [3.05, 3.63) is 0 Å². The van der Waals surface area contributed by atoms with Crippen molar-refractivity contribution in [2.45, 2.75) is 32.3 Å². The van der Waals surface area contributed by atoms with E-state index in [1.54, 1.807) is 0 Å². The van der Waals surface area contributed by atoms with Crippen LogP contribution in [-0.4, -0.2) is 24.3 Å². The highest BCUT2D eigenvalue weighted by Gasteiger charge is 2.49. The summed E-state index contributed by atoms with van der Waals surface area (Å²) in [5, 5.41) is 9.87. The molecule has 3 heteroatoms. The fourth-order valence-corrected chi connectivity index (χ4v) is 3.33. The van der Waals surface area contributed by atoms with Crippen LogP contribution in [0.4, 0.5) is 0 Å². The lowest BCUT2D eigenvalue weighted by molar-refractivity contribution is -0.155. The molecule has 2 fully saturated rings. The first kappa shape index (κ1) is 9.97. The molecule has 80 valence electrons. The van der Waals surface area contributed by atoms with Crippen molar-refractivity contribution in [1.82, 2.24) is 0 Å². The quantitative estimate of drug-likeness (QED) is 0.644. The van der Waals surface area contributed by atoms with E-state index in [0.717, 1.165) is 19.3 Å². The van der Waals surface area contributed by atoms with Crippen LogP contribution >= 0.6 is 0 Å². The fourth-order valence-electron chi connectivity index (χ4n) is 3.33. The molecule has 0 amide bonds. The molecule has 3 nitrogen and oxygen atoms in total. The van der Waals surface area contributed by atoms with Gasteiger partial charge in [-0.3, -0.25) is 4.79 Å². The second kappa shape index (κ2) is 3.54. The van der Waals surface area contributed by atoms with E-state index in [1.165, 1.54) is 7.11 Å². The van der Waals surface area contributed by atoms with Gasteiger partial charge in [0, 0.05) is 0 Å². The van der Waals surface area contributed by atoms with E-state index in [4.69, 9.17) is 4.74 Å². The molecule has 5 atom stereocenters. The van der Waals surface area contributed by atoms with Crippen LogP contribution in [0.5, 0.6) is 0 Å². The Morgan fingerprint density at radius 2 is 2.14 bits per heavy atom. The Kier molecular flexibility index (Phi) is 2.52. The van der Waals surface area contributed by atoms with Crippen LogP contribution in [0, 0.1) is 23.7 Å². The zero-order valence-corrected chi connectivity index (χ0v) is 8.77. The highest BCUT2D eigenvalue weighted by atomic mass is 16.5. The highest BCUT2D eigenvalue weighted by molar-refractivity contribution is 5.73. The summed E-state index contributed by atoms with van der Waals surface area (Å²) < 4.78 is 4.76. The number of carbonyl (C=O) groups excluding carboxylic acids is 1. The lowest BCUT2D eigenvalue weighted by Gasteiger charge is -2.36. The van der Waals surface area contributed by atoms with Gasteiger partial charge in [0.15, 0.2) is 0 Å². The molecule has 2 aliphatic rings. The molecule has 0 aromatic rings. The van der Waals surface area contributed by atoms with Crippen LogP contribution in [0.3, 0.4) is 0 Å². The SMILES string of the molecule is COC(=O)C1C2CC[C@H](C[C@@H]1O)C2C. The highest BCUT2D eigenvalue weighted by Crippen LogP contribution is 2.49. The molecule has 2 aliphatic carbocycles. The van der Waals surface area contributed by atoms with Gasteiger partial charge in [0.2, 0.25) is 0 Å². The summed E-state index contributed by atoms with van der Waals surface area (Å²) in [5.74, 6) is 1.04. The number of fused-ring (bicyclic) bond motifs is 2. The number of aliphatic hydroxyl groups excluding tert-OH is 1. The van der Waals surface area contributed by atoms with E-state index < -0.39 is 6.10 Å². The van der Waals surface area contributed by atoms with Gasteiger partial charge in [-0.05, 0) is 37.0 Å². The van der Waals surface area contributed by atoms with Gasteiger partial charge in [-0.2, -0.15) is 0 Å². The Balaban J connectivity index is 2.18. The minimum Gasteiger partial charge on any atom is -0.469 e. The van der Waals surface area contributed by atoms with Gasteiger partial charge in [-0.25, -0.2) is 0 Å². The molecule has 3 unspecified atom stereocenters. The first-order chi connectivity index (χ1) is 6.65.